The summed E-state index contributed by atoms with van der Waals surface area (Å²) in [7, 11) is 0. The summed E-state index contributed by atoms with van der Waals surface area (Å²) in [6, 6.07) is 35.1. The molecule has 236 valence electrons. The number of amides is 4. The molecule has 1 atom stereocenters. The summed E-state index contributed by atoms with van der Waals surface area (Å²) in [4.78, 5) is 58.3. The summed E-state index contributed by atoms with van der Waals surface area (Å²) in [5, 5.41) is 13.3. The molecule has 48 heavy (non-hydrogen) atoms. The standard InChI is InChI=1S/C37H28N6O4S/c44-34-23-33(37(47)43(34)30-17-13-29(14-18-30)42-41-28-11-5-2-6-12-28)48-31-19-15-27(16-20-31)39-36(46)32(22-25-8-7-21-38-24-25)40-35(45)26-9-3-1-4-10-26/h1-22,24,33H,23H2,(H,39,46)(H,40,45)/b32-22-,42-41?. The van der Waals surface area contributed by atoms with Crippen molar-refractivity contribution in [2.75, 3.05) is 10.2 Å². The van der Waals surface area contributed by atoms with Crippen LogP contribution >= 0.6 is 11.8 Å². The van der Waals surface area contributed by atoms with E-state index in [1.54, 1.807) is 109 Å². The van der Waals surface area contributed by atoms with Crippen LogP contribution in [-0.4, -0.2) is 33.9 Å². The molecule has 2 N–H and O–H groups in total. The van der Waals surface area contributed by atoms with Gasteiger partial charge in [-0.15, -0.1) is 11.8 Å². The number of aromatic nitrogens is 1. The van der Waals surface area contributed by atoms with Crippen LogP contribution in [0.2, 0.25) is 0 Å². The van der Waals surface area contributed by atoms with Crippen LogP contribution in [0.25, 0.3) is 6.08 Å². The van der Waals surface area contributed by atoms with E-state index in [2.05, 4.69) is 25.8 Å². The van der Waals surface area contributed by atoms with Crippen LogP contribution < -0.4 is 15.5 Å². The topological polar surface area (TPSA) is 133 Å². The molecule has 0 bridgehead atoms. The van der Waals surface area contributed by atoms with E-state index in [9.17, 15) is 19.2 Å². The number of rotatable bonds is 10. The molecule has 1 unspecified atom stereocenters. The lowest BCUT2D eigenvalue weighted by atomic mass is 10.2. The number of benzene rings is 4. The zero-order chi connectivity index (χ0) is 33.3. The lowest BCUT2D eigenvalue weighted by molar-refractivity contribution is -0.121. The highest BCUT2D eigenvalue weighted by Gasteiger charge is 2.40. The molecule has 4 amide bonds. The van der Waals surface area contributed by atoms with Gasteiger partial charge in [0, 0.05) is 35.0 Å². The van der Waals surface area contributed by atoms with Gasteiger partial charge in [-0.2, -0.15) is 10.2 Å². The number of carbonyl (C=O) groups excluding carboxylic acids is 4. The van der Waals surface area contributed by atoms with Gasteiger partial charge in [0.2, 0.25) is 11.8 Å². The Labute approximate surface area is 280 Å². The Bertz CT molecular complexity index is 1990. The van der Waals surface area contributed by atoms with Crippen LogP contribution in [0.4, 0.5) is 22.7 Å². The molecule has 1 fully saturated rings. The Morgan fingerprint density at radius 3 is 2.12 bits per heavy atom. The van der Waals surface area contributed by atoms with Gasteiger partial charge in [-0.3, -0.25) is 24.2 Å². The van der Waals surface area contributed by atoms with Crippen molar-refractivity contribution in [1.82, 2.24) is 10.3 Å². The minimum atomic E-state index is -0.599. The number of anilines is 2. The Balaban J connectivity index is 1.09. The fourth-order valence-electron chi connectivity index (χ4n) is 4.80. The number of carbonyl (C=O) groups is 4. The molecule has 6 rings (SSSR count). The third-order valence-corrected chi connectivity index (χ3v) is 8.36. The zero-order valence-electron chi connectivity index (χ0n) is 25.4. The van der Waals surface area contributed by atoms with Gasteiger partial charge in [0.25, 0.3) is 11.8 Å². The third kappa shape index (κ3) is 7.95. The van der Waals surface area contributed by atoms with Crippen molar-refractivity contribution in [3.8, 4) is 0 Å². The smallest absolute Gasteiger partial charge is 0.272 e. The minimum absolute atomic E-state index is 0.0396. The molecule has 0 spiro atoms. The first-order chi connectivity index (χ1) is 23.4. The van der Waals surface area contributed by atoms with Gasteiger partial charge in [-0.25, -0.2) is 4.90 Å². The number of nitrogens with one attached hydrogen (secondary N) is 2. The molecular weight excluding hydrogens is 625 g/mol. The normalized spacial score (nSPS) is 14.7. The van der Waals surface area contributed by atoms with Gasteiger partial charge in [0.05, 0.1) is 22.3 Å². The monoisotopic (exact) mass is 652 g/mol. The summed E-state index contributed by atoms with van der Waals surface area (Å²) in [5.41, 5.74) is 3.35. The third-order valence-electron chi connectivity index (χ3n) is 7.17. The van der Waals surface area contributed by atoms with Crippen LogP contribution in [0.15, 0.2) is 155 Å². The first-order valence-corrected chi connectivity index (χ1v) is 15.8. The summed E-state index contributed by atoms with van der Waals surface area (Å²) in [6.07, 6.45) is 4.80. The molecular formula is C37H28N6O4S. The predicted octanol–water partition coefficient (Wildman–Crippen LogP) is 7.33. The van der Waals surface area contributed by atoms with E-state index in [4.69, 9.17) is 0 Å². The first kappa shape index (κ1) is 31.8. The Kier molecular flexibility index (Phi) is 9.88. The average Bonchev–Trinajstić information content (AvgIpc) is 3.40. The second-order valence-corrected chi connectivity index (χ2v) is 11.8. The summed E-state index contributed by atoms with van der Waals surface area (Å²) in [5.74, 6) is -1.55. The number of hydrogen-bond acceptors (Lipinski definition) is 8. The van der Waals surface area contributed by atoms with Crippen molar-refractivity contribution in [3.05, 3.63) is 151 Å². The van der Waals surface area contributed by atoms with Crippen LogP contribution in [0.1, 0.15) is 22.3 Å². The van der Waals surface area contributed by atoms with Crippen molar-refractivity contribution in [1.29, 1.82) is 0 Å². The van der Waals surface area contributed by atoms with E-state index >= 15 is 0 Å². The van der Waals surface area contributed by atoms with E-state index < -0.39 is 17.1 Å². The van der Waals surface area contributed by atoms with Gasteiger partial charge in [-0.05, 0) is 90.5 Å². The van der Waals surface area contributed by atoms with Gasteiger partial charge in [0.1, 0.15) is 5.70 Å². The van der Waals surface area contributed by atoms with Gasteiger partial charge in [-0.1, -0.05) is 42.5 Å². The van der Waals surface area contributed by atoms with Crippen molar-refractivity contribution >= 4 is 64.2 Å². The van der Waals surface area contributed by atoms with E-state index in [0.717, 1.165) is 10.6 Å². The van der Waals surface area contributed by atoms with Crippen LogP contribution in [0.3, 0.4) is 0 Å². The molecule has 0 saturated carbocycles. The predicted molar refractivity (Wildman–Crippen MR) is 185 cm³/mol. The second-order valence-electron chi connectivity index (χ2n) is 10.6. The quantitative estimate of drug-likeness (QED) is 0.0922. The fourth-order valence-corrected chi connectivity index (χ4v) is 5.85. The van der Waals surface area contributed by atoms with Crippen molar-refractivity contribution in [2.45, 2.75) is 16.6 Å². The lowest BCUT2D eigenvalue weighted by Crippen LogP contribution is -2.31. The molecule has 0 aliphatic carbocycles. The maximum Gasteiger partial charge on any atom is 0.272 e. The number of hydrogen-bond donors (Lipinski definition) is 2. The van der Waals surface area contributed by atoms with Crippen LogP contribution in [-0.2, 0) is 14.4 Å². The summed E-state index contributed by atoms with van der Waals surface area (Å²) < 4.78 is 0. The highest BCUT2D eigenvalue weighted by molar-refractivity contribution is 8.00. The largest absolute Gasteiger partial charge is 0.321 e. The van der Waals surface area contributed by atoms with E-state index in [1.807, 2.05) is 30.3 Å². The highest BCUT2D eigenvalue weighted by atomic mass is 32.2. The van der Waals surface area contributed by atoms with Crippen molar-refractivity contribution in [2.24, 2.45) is 10.2 Å². The van der Waals surface area contributed by atoms with E-state index in [1.165, 1.54) is 16.7 Å². The highest BCUT2D eigenvalue weighted by Crippen LogP contribution is 2.35. The SMILES string of the molecule is O=C(Nc1ccc(SC2CC(=O)N(c3ccc(N=Nc4ccccc4)cc3)C2=O)cc1)/C(=C/c1cccnc1)NC(=O)c1ccccc1. The Morgan fingerprint density at radius 2 is 1.46 bits per heavy atom. The average molecular weight is 653 g/mol. The fraction of sp³-hybridized carbons (Fsp3) is 0.0541. The number of azo groups is 1. The summed E-state index contributed by atoms with van der Waals surface area (Å²) >= 11 is 1.28. The number of nitrogens with zero attached hydrogens (tertiary/aromatic N) is 4. The zero-order valence-corrected chi connectivity index (χ0v) is 26.2. The van der Waals surface area contributed by atoms with Crippen LogP contribution in [0, 0.1) is 0 Å². The van der Waals surface area contributed by atoms with Gasteiger partial charge >= 0.3 is 0 Å². The van der Waals surface area contributed by atoms with Crippen molar-refractivity contribution < 1.29 is 19.2 Å². The van der Waals surface area contributed by atoms with Crippen LogP contribution in [0.5, 0.6) is 0 Å². The number of thioether (sulfide) groups is 1. The molecule has 1 aliphatic rings. The second kappa shape index (κ2) is 14.9. The molecule has 2 heterocycles. The summed E-state index contributed by atoms with van der Waals surface area (Å²) in [6.45, 7) is 0. The van der Waals surface area contributed by atoms with E-state index in [-0.39, 0.29) is 23.9 Å². The molecule has 1 saturated heterocycles. The Morgan fingerprint density at radius 1 is 0.792 bits per heavy atom. The van der Waals surface area contributed by atoms with E-state index in [0.29, 0.717) is 28.2 Å². The molecule has 5 aromatic rings. The maximum absolute atomic E-state index is 13.3. The molecule has 1 aliphatic heterocycles. The molecule has 11 heteroatoms. The number of imide groups is 1. The molecule has 1 aromatic heterocycles. The molecule has 0 radical (unpaired) electrons. The van der Waals surface area contributed by atoms with Gasteiger partial charge in [0.15, 0.2) is 0 Å². The van der Waals surface area contributed by atoms with Gasteiger partial charge < -0.3 is 10.6 Å². The maximum atomic E-state index is 13.3. The first-order valence-electron chi connectivity index (χ1n) is 14.9. The lowest BCUT2D eigenvalue weighted by Gasteiger charge is -2.15. The Hall–Kier alpha value is -6.20. The molecule has 10 nitrogen and oxygen atoms in total. The number of pyridine rings is 1. The van der Waals surface area contributed by atoms with Crippen molar-refractivity contribution in [3.63, 3.8) is 0 Å². The molecule has 4 aromatic carbocycles. The minimum Gasteiger partial charge on any atom is -0.321 e.